The molecule has 0 aliphatic rings. The minimum Gasteiger partial charge on any atom is -0.493 e. The van der Waals surface area contributed by atoms with Gasteiger partial charge in [0.05, 0.1) is 13.3 Å². The van der Waals surface area contributed by atoms with Crippen molar-refractivity contribution in [1.29, 1.82) is 0 Å². The quantitative estimate of drug-likeness (QED) is 0.818. The summed E-state index contributed by atoms with van der Waals surface area (Å²) in [6.07, 6.45) is 1.18. The summed E-state index contributed by atoms with van der Waals surface area (Å²) in [5.41, 5.74) is 7.94. The monoisotopic (exact) mass is 303 g/mol. The molecule has 0 saturated carbocycles. The van der Waals surface area contributed by atoms with Crippen molar-refractivity contribution in [3.05, 3.63) is 27.7 Å². The molecular weight excluding hydrogens is 285 g/mol. The second-order valence-corrected chi connectivity index (χ2v) is 5.20. The Hall–Kier alpha value is -0.610. The molecule has 1 aromatic rings. The second kappa shape index (κ2) is 6.97. The van der Waals surface area contributed by atoms with Gasteiger partial charge in [0.2, 0.25) is 0 Å². The molecule has 0 heterocycles. The Morgan fingerprint density at radius 2 is 2.18 bits per heavy atom. The first-order chi connectivity index (χ1) is 8.04. The van der Waals surface area contributed by atoms with Crippen LogP contribution >= 0.6 is 15.9 Å². The zero-order valence-electron chi connectivity index (χ0n) is 10.3. The average molecular weight is 304 g/mol. The highest BCUT2D eigenvalue weighted by Crippen LogP contribution is 2.29. The molecule has 0 aromatic heterocycles. The van der Waals surface area contributed by atoms with Crippen molar-refractivity contribution in [3.63, 3.8) is 0 Å². The fourth-order valence-corrected chi connectivity index (χ4v) is 2.35. The molecule has 1 rings (SSSR count). The third-order valence-corrected chi connectivity index (χ3v) is 2.84. The molecular formula is C13H19BrFNO. The maximum atomic E-state index is 12.1. The SMILES string of the molecule is Cc1cc(Br)cc(CC(C)N)c1OCCCF. The zero-order valence-corrected chi connectivity index (χ0v) is 11.9. The smallest absolute Gasteiger partial charge is 0.125 e. The molecule has 1 atom stereocenters. The molecule has 2 N–H and O–H groups in total. The lowest BCUT2D eigenvalue weighted by molar-refractivity contribution is 0.285. The van der Waals surface area contributed by atoms with Crippen molar-refractivity contribution in [1.82, 2.24) is 0 Å². The van der Waals surface area contributed by atoms with Crippen LogP contribution in [0.4, 0.5) is 4.39 Å². The van der Waals surface area contributed by atoms with Gasteiger partial charge >= 0.3 is 0 Å². The van der Waals surface area contributed by atoms with Crippen molar-refractivity contribution in [2.75, 3.05) is 13.3 Å². The van der Waals surface area contributed by atoms with Crippen molar-refractivity contribution < 1.29 is 9.13 Å². The molecule has 2 nitrogen and oxygen atoms in total. The number of aryl methyl sites for hydroxylation is 1. The van der Waals surface area contributed by atoms with Gasteiger partial charge in [-0.15, -0.1) is 0 Å². The van der Waals surface area contributed by atoms with Gasteiger partial charge in [0.25, 0.3) is 0 Å². The first-order valence-corrected chi connectivity index (χ1v) is 6.57. The van der Waals surface area contributed by atoms with Crippen molar-refractivity contribution in [2.24, 2.45) is 5.73 Å². The summed E-state index contributed by atoms with van der Waals surface area (Å²) >= 11 is 3.46. The van der Waals surface area contributed by atoms with Gasteiger partial charge in [0.1, 0.15) is 5.75 Å². The summed E-state index contributed by atoms with van der Waals surface area (Å²) in [5.74, 6) is 0.846. The molecule has 0 amide bonds. The van der Waals surface area contributed by atoms with Crippen LogP contribution in [-0.2, 0) is 6.42 Å². The van der Waals surface area contributed by atoms with E-state index in [-0.39, 0.29) is 12.7 Å². The maximum absolute atomic E-state index is 12.1. The third-order valence-electron chi connectivity index (χ3n) is 2.38. The van der Waals surface area contributed by atoms with E-state index in [1.165, 1.54) is 0 Å². The number of benzene rings is 1. The van der Waals surface area contributed by atoms with Crippen LogP contribution in [-0.4, -0.2) is 19.3 Å². The predicted molar refractivity (Wildman–Crippen MR) is 72.3 cm³/mol. The van der Waals surface area contributed by atoms with E-state index in [9.17, 15) is 4.39 Å². The van der Waals surface area contributed by atoms with E-state index >= 15 is 0 Å². The minimum atomic E-state index is -0.349. The molecule has 0 spiro atoms. The standard InChI is InChI=1S/C13H19BrFNO/c1-9-6-12(14)8-11(7-10(2)16)13(9)17-5-3-4-15/h6,8,10H,3-5,7,16H2,1-2H3. The highest BCUT2D eigenvalue weighted by molar-refractivity contribution is 9.10. The van der Waals surface area contributed by atoms with Gasteiger partial charge in [0.15, 0.2) is 0 Å². The van der Waals surface area contributed by atoms with Crippen LogP contribution in [0.2, 0.25) is 0 Å². The fourth-order valence-electron chi connectivity index (χ4n) is 1.73. The van der Waals surface area contributed by atoms with E-state index in [4.69, 9.17) is 10.5 Å². The molecule has 1 aromatic carbocycles. The molecule has 4 heteroatoms. The summed E-state index contributed by atoms with van der Waals surface area (Å²) in [4.78, 5) is 0. The number of hydrogen-bond acceptors (Lipinski definition) is 2. The van der Waals surface area contributed by atoms with E-state index in [1.807, 2.05) is 26.0 Å². The van der Waals surface area contributed by atoms with Crippen LogP contribution in [0.15, 0.2) is 16.6 Å². The van der Waals surface area contributed by atoms with Gasteiger partial charge in [-0.1, -0.05) is 15.9 Å². The van der Waals surface area contributed by atoms with Crippen LogP contribution in [0.25, 0.3) is 0 Å². The first-order valence-electron chi connectivity index (χ1n) is 5.78. The van der Waals surface area contributed by atoms with Crippen molar-refractivity contribution in [2.45, 2.75) is 32.7 Å². The average Bonchev–Trinajstić information content (AvgIpc) is 2.21. The molecule has 0 bridgehead atoms. The summed E-state index contributed by atoms with van der Waals surface area (Å²) in [5, 5.41) is 0. The fraction of sp³-hybridized carbons (Fsp3) is 0.538. The predicted octanol–water partition coefficient (Wildman–Crippen LogP) is 3.39. The van der Waals surface area contributed by atoms with Gasteiger partial charge in [0, 0.05) is 16.9 Å². The number of hydrogen-bond donors (Lipinski definition) is 1. The minimum absolute atomic E-state index is 0.0761. The van der Waals surface area contributed by atoms with Crippen LogP contribution in [0.1, 0.15) is 24.5 Å². The Kier molecular flexibility index (Phi) is 5.92. The van der Waals surface area contributed by atoms with Crippen molar-refractivity contribution in [3.8, 4) is 5.75 Å². The summed E-state index contributed by atoms with van der Waals surface area (Å²) in [6, 6.07) is 4.09. The van der Waals surface area contributed by atoms with Crippen LogP contribution in [0.3, 0.4) is 0 Å². The molecule has 17 heavy (non-hydrogen) atoms. The van der Waals surface area contributed by atoms with Crippen molar-refractivity contribution >= 4 is 15.9 Å². The lowest BCUT2D eigenvalue weighted by Gasteiger charge is -2.16. The highest BCUT2D eigenvalue weighted by atomic mass is 79.9. The van der Waals surface area contributed by atoms with Gasteiger partial charge in [-0.3, -0.25) is 4.39 Å². The molecule has 0 saturated heterocycles. The Labute approximate surface area is 110 Å². The zero-order chi connectivity index (χ0) is 12.8. The lowest BCUT2D eigenvalue weighted by Crippen LogP contribution is -2.18. The number of halogens is 2. The molecule has 0 radical (unpaired) electrons. The molecule has 0 fully saturated rings. The van der Waals surface area contributed by atoms with E-state index in [0.717, 1.165) is 27.8 Å². The van der Waals surface area contributed by atoms with E-state index < -0.39 is 0 Å². The highest BCUT2D eigenvalue weighted by Gasteiger charge is 2.10. The van der Waals surface area contributed by atoms with Gasteiger partial charge in [-0.25, -0.2) is 0 Å². The topological polar surface area (TPSA) is 35.2 Å². The summed E-state index contributed by atoms with van der Waals surface area (Å²) in [7, 11) is 0. The van der Waals surface area contributed by atoms with E-state index in [2.05, 4.69) is 15.9 Å². The van der Waals surface area contributed by atoms with E-state index in [1.54, 1.807) is 0 Å². The molecule has 0 aliphatic carbocycles. The Balaban J connectivity index is 2.90. The molecule has 1 unspecified atom stereocenters. The van der Waals surface area contributed by atoms with Crippen LogP contribution in [0, 0.1) is 6.92 Å². The molecule has 96 valence electrons. The number of rotatable bonds is 6. The van der Waals surface area contributed by atoms with Crippen LogP contribution < -0.4 is 10.5 Å². The normalized spacial score (nSPS) is 12.5. The largest absolute Gasteiger partial charge is 0.493 e. The number of nitrogens with two attached hydrogens (primary N) is 1. The second-order valence-electron chi connectivity index (χ2n) is 4.28. The number of ether oxygens (including phenoxy) is 1. The lowest BCUT2D eigenvalue weighted by atomic mass is 10.0. The maximum Gasteiger partial charge on any atom is 0.125 e. The first kappa shape index (κ1) is 14.5. The van der Waals surface area contributed by atoms with Gasteiger partial charge in [-0.05, 0) is 43.5 Å². The Morgan fingerprint density at radius 3 is 2.76 bits per heavy atom. The molecule has 0 aliphatic heterocycles. The summed E-state index contributed by atoms with van der Waals surface area (Å²) in [6.45, 7) is 4.00. The van der Waals surface area contributed by atoms with E-state index in [0.29, 0.717) is 13.0 Å². The Morgan fingerprint density at radius 1 is 1.47 bits per heavy atom. The van der Waals surface area contributed by atoms with Gasteiger partial charge in [-0.2, -0.15) is 0 Å². The van der Waals surface area contributed by atoms with Crippen LogP contribution in [0.5, 0.6) is 5.75 Å². The summed E-state index contributed by atoms with van der Waals surface area (Å²) < 4.78 is 18.7. The number of alkyl halides is 1. The Bertz CT molecular complexity index is 369. The van der Waals surface area contributed by atoms with Gasteiger partial charge < -0.3 is 10.5 Å². The third kappa shape index (κ3) is 4.64.